The lowest BCUT2D eigenvalue weighted by Crippen LogP contribution is -2.23. The Labute approximate surface area is 81.1 Å². The third kappa shape index (κ3) is 11.6. The topological polar surface area (TPSA) is 30.5 Å². The molecule has 0 fully saturated rings. The van der Waals surface area contributed by atoms with Crippen LogP contribution in [0, 0.1) is 0 Å². The van der Waals surface area contributed by atoms with Crippen LogP contribution in [-0.2, 0) is 9.47 Å². The van der Waals surface area contributed by atoms with Gasteiger partial charge in [0.25, 0.3) is 0 Å². The second-order valence-electron chi connectivity index (χ2n) is 3.06. The van der Waals surface area contributed by atoms with Crippen LogP contribution < -0.4 is 5.32 Å². The van der Waals surface area contributed by atoms with Crippen molar-refractivity contribution >= 4 is 0 Å². The first kappa shape index (κ1) is 12.6. The minimum atomic E-state index is 0.756. The average molecular weight is 187 g/mol. The van der Waals surface area contributed by atoms with Crippen molar-refractivity contribution in [3.63, 3.8) is 0 Å². The summed E-state index contributed by atoms with van der Waals surface area (Å²) in [4.78, 5) is 0. The van der Waals surface area contributed by atoms with Crippen LogP contribution in [0.4, 0.5) is 0 Å². The quantitative estimate of drug-likeness (QED) is 0.434. The van der Waals surface area contributed by atoms with Crippen molar-refractivity contribution in [3.8, 4) is 0 Å². The Balaban J connectivity index is 2.87. The van der Waals surface area contributed by atoms with Crippen LogP contribution in [0.5, 0.6) is 0 Å². The molecule has 0 aliphatic rings. The lowest BCUT2D eigenvalue weighted by molar-refractivity contribution is 0.135. The second kappa shape index (κ2) is 9.71. The van der Waals surface area contributed by atoms with Gasteiger partial charge in [-0.2, -0.15) is 0 Å². The molecule has 0 spiro atoms. The van der Waals surface area contributed by atoms with Crippen molar-refractivity contribution < 1.29 is 9.47 Å². The Morgan fingerprint density at radius 3 is 2.54 bits per heavy atom. The van der Waals surface area contributed by atoms with E-state index >= 15 is 0 Å². The Morgan fingerprint density at radius 1 is 1.23 bits per heavy atom. The summed E-state index contributed by atoms with van der Waals surface area (Å²) >= 11 is 0. The number of ether oxygens (including phenoxy) is 2. The molecule has 0 aromatic heterocycles. The first-order valence-electron chi connectivity index (χ1n) is 4.69. The molecule has 3 nitrogen and oxygen atoms in total. The van der Waals surface area contributed by atoms with Gasteiger partial charge < -0.3 is 14.8 Å². The second-order valence-corrected chi connectivity index (χ2v) is 3.06. The van der Waals surface area contributed by atoms with Gasteiger partial charge in [0, 0.05) is 20.2 Å². The van der Waals surface area contributed by atoms with Gasteiger partial charge in [0.15, 0.2) is 0 Å². The van der Waals surface area contributed by atoms with Crippen LogP contribution in [0.15, 0.2) is 12.2 Å². The van der Waals surface area contributed by atoms with E-state index in [0.29, 0.717) is 0 Å². The minimum Gasteiger partial charge on any atom is -0.383 e. The summed E-state index contributed by atoms with van der Waals surface area (Å²) in [5.41, 5.74) is 1.17. The Morgan fingerprint density at radius 2 is 1.92 bits per heavy atom. The molecule has 0 aromatic rings. The van der Waals surface area contributed by atoms with Crippen LogP contribution >= 0.6 is 0 Å². The molecule has 78 valence electrons. The number of methoxy groups -OCH3 is 1. The molecule has 0 unspecified atom stereocenters. The largest absolute Gasteiger partial charge is 0.383 e. The van der Waals surface area contributed by atoms with Gasteiger partial charge in [0.05, 0.1) is 19.8 Å². The van der Waals surface area contributed by atoms with Gasteiger partial charge in [0.1, 0.15) is 0 Å². The Bertz CT molecular complexity index is 126. The molecule has 3 heteroatoms. The predicted octanol–water partition coefficient (Wildman–Crippen LogP) is 1.21. The lowest BCUT2D eigenvalue weighted by Gasteiger charge is -2.05. The van der Waals surface area contributed by atoms with Crippen molar-refractivity contribution in [3.05, 3.63) is 12.2 Å². The highest BCUT2D eigenvalue weighted by atomic mass is 16.5. The van der Waals surface area contributed by atoms with E-state index < -0.39 is 0 Å². The molecule has 0 aromatic carbocycles. The first-order valence-corrected chi connectivity index (χ1v) is 4.69. The summed E-state index contributed by atoms with van der Waals surface area (Å²) in [5, 5.41) is 3.20. The maximum Gasteiger partial charge on any atom is 0.0591 e. The van der Waals surface area contributed by atoms with Gasteiger partial charge in [-0.15, -0.1) is 6.58 Å². The predicted molar refractivity (Wildman–Crippen MR) is 55.0 cm³/mol. The SMILES string of the molecule is C=C(C)CCOCCNCCOC. The average Bonchev–Trinajstić information content (AvgIpc) is 2.09. The molecular weight excluding hydrogens is 166 g/mol. The zero-order valence-corrected chi connectivity index (χ0v) is 8.77. The molecule has 13 heavy (non-hydrogen) atoms. The van der Waals surface area contributed by atoms with Crippen LogP contribution in [0.25, 0.3) is 0 Å². The number of nitrogens with one attached hydrogen (secondary N) is 1. The Hall–Kier alpha value is -0.380. The van der Waals surface area contributed by atoms with Gasteiger partial charge in [-0.25, -0.2) is 0 Å². The molecule has 1 N–H and O–H groups in total. The summed E-state index contributed by atoms with van der Waals surface area (Å²) < 4.78 is 10.2. The molecule has 0 bridgehead atoms. The summed E-state index contributed by atoms with van der Waals surface area (Å²) in [6, 6.07) is 0. The van der Waals surface area contributed by atoms with Crippen LogP contribution in [0.3, 0.4) is 0 Å². The number of hydrogen-bond donors (Lipinski definition) is 1. The van der Waals surface area contributed by atoms with E-state index in [1.165, 1.54) is 5.57 Å². The van der Waals surface area contributed by atoms with E-state index in [2.05, 4.69) is 11.9 Å². The zero-order chi connectivity index (χ0) is 9.94. The maximum absolute atomic E-state index is 5.36. The smallest absolute Gasteiger partial charge is 0.0591 e. The summed E-state index contributed by atoms with van der Waals surface area (Å²) in [6.45, 7) is 9.89. The standard InChI is InChI=1S/C10H21NO2/c1-10(2)4-7-13-9-6-11-5-8-12-3/h11H,1,4-9H2,2-3H3. The molecular formula is C10H21NO2. The zero-order valence-electron chi connectivity index (χ0n) is 8.77. The fourth-order valence-corrected chi connectivity index (χ4v) is 0.792. The first-order chi connectivity index (χ1) is 6.27. The van der Waals surface area contributed by atoms with E-state index in [0.717, 1.165) is 39.3 Å². The van der Waals surface area contributed by atoms with E-state index in [-0.39, 0.29) is 0 Å². The van der Waals surface area contributed by atoms with Crippen LogP contribution in [0.1, 0.15) is 13.3 Å². The van der Waals surface area contributed by atoms with Gasteiger partial charge in [-0.3, -0.25) is 0 Å². The molecule has 0 saturated carbocycles. The van der Waals surface area contributed by atoms with E-state index in [4.69, 9.17) is 9.47 Å². The van der Waals surface area contributed by atoms with Gasteiger partial charge in [-0.1, -0.05) is 5.57 Å². The highest BCUT2D eigenvalue weighted by molar-refractivity contribution is 4.86. The third-order valence-electron chi connectivity index (χ3n) is 1.58. The molecule has 0 aliphatic heterocycles. The molecule has 0 rings (SSSR count). The van der Waals surface area contributed by atoms with Gasteiger partial charge in [0.2, 0.25) is 0 Å². The molecule has 0 atom stereocenters. The van der Waals surface area contributed by atoms with Crippen molar-refractivity contribution in [2.45, 2.75) is 13.3 Å². The third-order valence-corrected chi connectivity index (χ3v) is 1.58. The molecule has 0 amide bonds. The minimum absolute atomic E-state index is 0.756. The number of hydrogen-bond acceptors (Lipinski definition) is 3. The Kier molecular flexibility index (Phi) is 9.42. The molecule has 0 saturated heterocycles. The monoisotopic (exact) mass is 187 g/mol. The highest BCUT2D eigenvalue weighted by Crippen LogP contribution is 1.94. The van der Waals surface area contributed by atoms with Crippen LogP contribution in [-0.4, -0.2) is 40.0 Å². The molecule has 0 aliphatic carbocycles. The van der Waals surface area contributed by atoms with Crippen molar-refractivity contribution in [1.29, 1.82) is 0 Å². The van der Waals surface area contributed by atoms with E-state index in [1.807, 2.05) is 6.92 Å². The van der Waals surface area contributed by atoms with Crippen molar-refractivity contribution in [1.82, 2.24) is 5.32 Å². The summed E-state index contributed by atoms with van der Waals surface area (Å²) in [5.74, 6) is 0. The highest BCUT2D eigenvalue weighted by Gasteiger charge is 1.89. The fourth-order valence-electron chi connectivity index (χ4n) is 0.792. The number of rotatable bonds is 9. The normalized spacial score (nSPS) is 10.3. The van der Waals surface area contributed by atoms with E-state index in [1.54, 1.807) is 7.11 Å². The van der Waals surface area contributed by atoms with Crippen molar-refractivity contribution in [2.75, 3.05) is 40.0 Å². The van der Waals surface area contributed by atoms with Crippen LogP contribution in [0.2, 0.25) is 0 Å². The fraction of sp³-hybridized carbons (Fsp3) is 0.800. The van der Waals surface area contributed by atoms with Gasteiger partial charge >= 0.3 is 0 Å². The van der Waals surface area contributed by atoms with Crippen molar-refractivity contribution in [2.24, 2.45) is 0 Å². The van der Waals surface area contributed by atoms with E-state index in [9.17, 15) is 0 Å². The summed E-state index contributed by atoms with van der Waals surface area (Å²) in [7, 11) is 1.70. The van der Waals surface area contributed by atoms with Gasteiger partial charge in [-0.05, 0) is 13.3 Å². The summed E-state index contributed by atoms with van der Waals surface area (Å²) in [6.07, 6.45) is 0.956. The lowest BCUT2D eigenvalue weighted by atomic mass is 10.3. The molecule has 0 radical (unpaired) electrons. The maximum atomic E-state index is 5.36. The molecule has 0 heterocycles.